The summed E-state index contributed by atoms with van der Waals surface area (Å²) in [6, 6.07) is 9.53. The zero-order valence-corrected chi connectivity index (χ0v) is 16.0. The summed E-state index contributed by atoms with van der Waals surface area (Å²) in [5.41, 5.74) is 2.48. The highest BCUT2D eigenvalue weighted by atomic mass is 16.5. The van der Waals surface area contributed by atoms with Crippen molar-refractivity contribution in [1.82, 2.24) is 19.8 Å². The van der Waals surface area contributed by atoms with Gasteiger partial charge >= 0.3 is 0 Å². The number of anilines is 1. The van der Waals surface area contributed by atoms with Crippen LogP contribution in [0, 0.1) is 6.92 Å². The number of carbonyl (C=O) groups excluding carboxylic acids is 1. The Morgan fingerprint density at radius 1 is 1.22 bits per heavy atom. The lowest BCUT2D eigenvalue weighted by molar-refractivity contribution is 0.102. The fraction of sp³-hybridized carbons (Fsp3) is 0.350. The first-order valence-corrected chi connectivity index (χ1v) is 9.20. The van der Waals surface area contributed by atoms with Gasteiger partial charge in [0.05, 0.1) is 18.4 Å². The van der Waals surface area contributed by atoms with Crippen molar-refractivity contribution in [2.75, 3.05) is 25.0 Å². The van der Waals surface area contributed by atoms with Crippen molar-refractivity contribution in [2.24, 2.45) is 0 Å². The first-order valence-electron chi connectivity index (χ1n) is 9.20. The lowest BCUT2D eigenvalue weighted by atomic mass is 10.1. The van der Waals surface area contributed by atoms with Crippen LogP contribution < -0.4 is 5.32 Å². The van der Waals surface area contributed by atoms with Crippen LogP contribution >= 0.6 is 0 Å². The van der Waals surface area contributed by atoms with Gasteiger partial charge in [-0.25, -0.2) is 0 Å². The quantitative estimate of drug-likeness (QED) is 0.660. The number of hydrogen-bond donors (Lipinski definition) is 1. The normalized spacial score (nSPS) is 11.1. The van der Waals surface area contributed by atoms with E-state index in [-0.39, 0.29) is 5.91 Å². The number of rotatable bonds is 8. The Hall–Kier alpha value is -2.93. The Morgan fingerprint density at radius 3 is 2.67 bits per heavy atom. The summed E-state index contributed by atoms with van der Waals surface area (Å²) in [6.07, 6.45) is 3.50. The fourth-order valence-corrected chi connectivity index (χ4v) is 2.96. The van der Waals surface area contributed by atoms with Crippen LogP contribution in [0.4, 0.5) is 5.69 Å². The molecule has 2 aromatic heterocycles. The van der Waals surface area contributed by atoms with Gasteiger partial charge in [0.25, 0.3) is 5.91 Å². The van der Waals surface area contributed by atoms with Crippen molar-refractivity contribution in [3.05, 3.63) is 54.0 Å². The zero-order valence-electron chi connectivity index (χ0n) is 16.0. The van der Waals surface area contributed by atoms with E-state index in [0.717, 1.165) is 31.7 Å². The van der Waals surface area contributed by atoms with Gasteiger partial charge in [-0.15, -0.1) is 0 Å². The second kappa shape index (κ2) is 8.64. The maximum atomic E-state index is 12.8. The Kier molecular flexibility index (Phi) is 6.03. The van der Waals surface area contributed by atoms with E-state index in [2.05, 4.69) is 34.3 Å². The van der Waals surface area contributed by atoms with E-state index in [9.17, 15) is 4.79 Å². The molecular weight excluding hydrogens is 342 g/mol. The molecule has 27 heavy (non-hydrogen) atoms. The first-order chi connectivity index (χ1) is 13.1. The minimum atomic E-state index is -0.254. The molecule has 0 atom stereocenters. The second-order valence-electron chi connectivity index (χ2n) is 6.30. The molecule has 0 fully saturated rings. The molecule has 0 aliphatic rings. The number of aryl methyl sites for hydroxylation is 1. The van der Waals surface area contributed by atoms with Gasteiger partial charge in [0.2, 0.25) is 0 Å². The molecule has 0 radical (unpaired) electrons. The van der Waals surface area contributed by atoms with Crippen molar-refractivity contribution < 1.29 is 9.32 Å². The number of carbonyl (C=O) groups is 1. The molecule has 0 saturated carbocycles. The maximum Gasteiger partial charge on any atom is 0.261 e. The summed E-state index contributed by atoms with van der Waals surface area (Å²) < 4.78 is 7.11. The third kappa shape index (κ3) is 4.43. The summed E-state index contributed by atoms with van der Waals surface area (Å²) >= 11 is 0. The first kappa shape index (κ1) is 18.8. The van der Waals surface area contributed by atoms with Crippen LogP contribution in [0.2, 0.25) is 0 Å². The molecule has 7 nitrogen and oxygen atoms in total. The third-order valence-corrected chi connectivity index (χ3v) is 4.57. The molecule has 3 rings (SSSR count). The number of likely N-dealkylation sites (N-methyl/N-ethyl adjacent to an activating group) is 1. The van der Waals surface area contributed by atoms with E-state index in [0.29, 0.717) is 22.7 Å². The summed E-state index contributed by atoms with van der Waals surface area (Å²) in [6.45, 7) is 9.74. The predicted octanol–water partition coefficient (Wildman–Crippen LogP) is 3.44. The predicted molar refractivity (Wildman–Crippen MR) is 105 cm³/mol. The topological polar surface area (TPSA) is 76.2 Å². The molecule has 142 valence electrons. The average molecular weight is 367 g/mol. The van der Waals surface area contributed by atoms with Gasteiger partial charge in [-0.2, -0.15) is 5.10 Å². The highest BCUT2D eigenvalue weighted by Gasteiger charge is 2.22. The molecule has 7 heteroatoms. The van der Waals surface area contributed by atoms with Gasteiger partial charge < -0.3 is 14.7 Å². The minimum absolute atomic E-state index is 0.254. The van der Waals surface area contributed by atoms with E-state index in [1.54, 1.807) is 13.1 Å². The number of nitrogens with one attached hydrogen (secondary N) is 1. The summed E-state index contributed by atoms with van der Waals surface area (Å²) in [5.74, 6) is 0.233. The van der Waals surface area contributed by atoms with Gasteiger partial charge in [-0.05, 0) is 20.0 Å². The molecule has 0 aliphatic carbocycles. The lowest BCUT2D eigenvalue weighted by Crippen LogP contribution is -2.27. The van der Waals surface area contributed by atoms with Crippen LogP contribution in [0.3, 0.4) is 0 Å². The molecule has 1 amide bonds. The van der Waals surface area contributed by atoms with Crippen LogP contribution in [0.5, 0.6) is 0 Å². The van der Waals surface area contributed by atoms with Crippen molar-refractivity contribution in [2.45, 2.75) is 27.3 Å². The largest absolute Gasteiger partial charge is 0.360 e. The molecule has 0 aliphatic heterocycles. The van der Waals surface area contributed by atoms with Gasteiger partial charge in [0.1, 0.15) is 17.0 Å². The Bertz CT molecular complexity index is 881. The van der Waals surface area contributed by atoms with Gasteiger partial charge in [0, 0.05) is 18.3 Å². The monoisotopic (exact) mass is 367 g/mol. The van der Waals surface area contributed by atoms with E-state index in [4.69, 9.17) is 4.52 Å². The molecule has 2 heterocycles. The molecule has 1 N–H and O–H groups in total. The van der Waals surface area contributed by atoms with E-state index >= 15 is 0 Å². The Balaban J connectivity index is 1.71. The molecule has 0 bridgehead atoms. The second-order valence-corrected chi connectivity index (χ2v) is 6.30. The number of hydrogen-bond acceptors (Lipinski definition) is 5. The minimum Gasteiger partial charge on any atom is -0.360 e. The van der Waals surface area contributed by atoms with E-state index in [1.165, 1.54) is 0 Å². The third-order valence-electron chi connectivity index (χ3n) is 4.57. The fourth-order valence-electron chi connectivity index (χ4n) is 2.96. The molecular formula is C20H25N5O2. The summed E-state index contributed by atoms with van der Waals surface area (Å²) in [7, 11) is 0. The van der Waals surface area contributed by atoms with Gasteiger partial charge in [0.15, 0.2) is 0 Å². The molecule has 3 aromatic rings. The number of nitrogens with zero attached hydrogens (tertiary/aromatic N) is 4. The highest BCUT2D eigenvalue weighted by molar-refractivity contribution is 6.08. The van der Waals surface area contributed by atoms with Crippen LogP contribution in [0.25, 0.3) is 11.3 Å². The van der Waals surface area contributed by atoms with Crippen LogP contribution in [-0.4, -0.2) is 45.4 Å². The Labute approximate surface area is 159 Å². The van der Waals surface area contributed by atoms with Gasteiger partial charge in [-0.3, -0.25) is 9.48 Å². The maximum absolute atomic E-state index is 12.8. The highest BCUT2D eigenvalue weighted by Crippen LogP contribution is 2.25. The lowest BCUT2D eigenvalue weighted by Gasteiger charge is -2.17. The number of benzene rings is 1. The van der Waals surface area contributed by atoms with Crippen molar-refractivity contribution in [1.29, 1.82) is 0 Å². The van der Waals surface area contributed by atoms with Crippen molar-refractivity contribution in [3.63, 3.8) is 0 Å². The number of amides is 1. The smallest absolute Gasteiger partial charge is 0.261 e. The van der Waals surface area contributed by atoms with Crippen LogP contribution in [0.1, 0.15) is 30.0 Å². The summed E-state index contributed by atoms with van der Waals surface area (Å²) in [4.78, 5) is 15.1. The van der Waals surface area contributed by atoms with E-state index < -0.39 is 0 Å². The van der Waals surface area contributed by atoms with Gasteiger partial charge in [-0.1, -0.05) is 49.3 Å². The SMILES string of the molecule is CCN(CC)CCn1cc(NC(=O)c2c(-c3ccccc3)noc2C)cn1. The molecule has 0 unspecified atom stereocenters. The van der Waals surface area contributed by atoms with E-state index in [1.807, 2.05) is 41.2 Å². The molecule has 0 spiro atoms. The standard InChI is InChI=1S/C20H25N5O2/c1-4-24(5-2)11-12-25-14-17(13-21-25)22-20(26)18-15(3)27-23-19(18)16-9-7-6-8-10-16/h6-10,13-14H,4-5,11-12H2,1-3H3,(H,22,26). The zero-order chi connectivity index (χ0) is 19.2. The number of aromatic nitrogens is 3. The average Bonchev–Trinajstić information content (AvgIpc) is 3.29. The van der Waals surface area contributed by atoms with Crippen molar-refractivity contribution >= 4 is 11.6 Å². The van der Waals surface area contributed by atoms with Crippen LogP contribution in [-0.2, 0) is 6.54 Å². The summed E-state index contributed by atoms with van der Waals surface area (Å²) in [5, 5.41) is 11.3. The molecule has 1 aromatic carbocycles. The molecule has 0 saturated heterocycles. The van der Waals surface area contributed by atoms with Crippen LogP contribution in [0.15, 0.2) is 47.2 Å². The van der Waals surface area contributed by atoms with Crippen molar-refractivity contribution in [3.8, 4) is 11.3 Å². The Morgan fingerprint density at radius 2 is 1.96 bits per heavy atom.